The first-order valence-corrected chi connectivity index (χ1v) is 9.31. The smallest absolute Gasteiger partial charge is 0.267 e. The van der Waals surface area contributed by atoms with E-state index >= 15 is 0 Å². The van der Waals surface area contributed by atoms with Gasteiger partial charge in [-0.3, -0.25) is 9.59 Å². The molecule has 3 N–H and O–H groups in total. The van der Waals surface area contributed by atoms with Crippen molar-refractivity contribution in [3.63, 3.8) is 0 Å². The molecule has 0 aliphatic rings. The molecule has 0 radical (unpaired) electrons. The van der Waals surface area contributed by atoms with Crippen LogP contribution >= 0.6 is 11.3 Å². The lowest BCUT2D eigenvalue weighted by Gasteiger charge is -2.10. The maximum atomic E-state index is 12.4. The second-order valence-electron chi connectivity index (χ2n) is 5.58. The van der Waals surface area contributed by atoms with E-state index in [0.29, 0.717) is 12.1 Å². The highest BCUT2D eigenvalue weighted by Crippen LogP contribution is 2.27. The van der Waals surface area contributed by atoms with Gasteiger partial charge in [0, 0.05) is 17.5 Å². The molecule has 0 atom stereocenters. The number of rotatable bonds is 8. The predicted octanol–water partition coefficient (Wildman–Crippen LogP) is 3.16. The number of ether oxygens (including phenoxy) is 1. The van der Waals surface area contributed by atoms with Gasteiger partial charge >= 0.3 is 0 Å². The highest BCUT2D eigenvalue weighted by atomic mass is 32.1. The second kappa shape index (κ2) is 10.2. The Morgan fingerprint density at radius 3 is 2.78 bits per heavy atom. The van der Waals surface area contributed by atoms with Crippen LogP contribution in [0.2, 0.25) is 0 Å². The summed E-state index contributed by atoms with van der Waals surface area (Å²) in [5, 5.41) is 17.0. The number of hydrogen-bond donors (Lipinski definition) is 3. The summed E-state index contributed by atoms with van der Waals surface area (Å²) in [6.07, 6.45) is 5.37. The Bertz CT molecular complexity index is 842. The number of methoxy groups -OCH3 is 1. The van der Waals surface area contributed by atoms with Crippen molar-refractivity contribution in [1.82, 2.24) is 10.6 Å². The summed E-state index contributed by atoms with van der Waals surface area (Å²) >= 11 is 1.51. The van der Waals surface area contributed by atoms with Crippen molar-refractivity contribution in [2.75, 3.05) is 13.7 Å². The topological polar surface area (TPSA) is 87.7 Å². The number of carbonyl (C=O) groups excluding carboxylic acids is 2. The van der Waals surface area contributed by atoms with Gasteiger partial charge < -0.3 is 20.5 Å². The molecule has 142 valence electrons. The zero-order valence-electron chi connectivity index (χ0n) is 15.2. The molecule has 0 aliphatic heterocycles. The molecule has 0 bridgehead atoms. The van der Waals surface area contributed by atoms with Crippen LogP contribution in [-0.4, -0.2) is 30.6 Å². The molecule has 1 aromatic heterocycles. The molecular weight excluding hydrogens is 364 g/mol. The average Bonchev–Trinajstić information content (AvgIpc) is 3.19. The first-order valence-electron chi connectivity index (χ1n) is 8.43. The molecule has 0 saturated carbocycles. The van der Waals surface area contributed by atoms with Crippen molar-refractivity contribution in [2.45, 2.75) is 13.3 Å². The molecule has 2 rings (SSSR count). The molecule has 6 nitrogen and oxygen atoms in total. The molecule has 2 aromatic rings. The minimum Gasteiger partial charge on any atom is -0.504 e. The molecular formula is C20H22N2O4S. The monoisotopic (exact) mass is 386 g/mol. The van der Waals surface area contributed by atoms with Gasteiger partial charge in [0.25, 0.3) is 5.91 Å². The van der Waals surface area contributed by atoms with Gasteiger partial charge in [0.15, 0.2) is 11.5 Å². The van der Waals surface area contributed by atoms with E-state index in [2.05, 4.69) is 10.6 Å². The SMILES string of the molecule is CCCNC(=O)/C(=C/c1ccc(O)c(OC)c1)NC(=O)/C=C/c1cccs1. The number of amides is 2. The Balaban J connectivity index is 2.22. The lowest BCUT2D eigenvalue weighted by Crippen LogP contribution is -2.34. The van der Waals surface area contributed by atoms with Gasteiger partial charge in [-0.05, 0) is 47.7 Å². The Morgan fingerprint density at radius 1 is 1.30 bits per heavy atom. The van der Waals surface area contributed by atoms with E-state index in [1.807, 2.05) is 24.4 Å². The fourth-order valence-corrected chi connectivity index (χ4v) is 2.78. The highest BCUT2D eigenvalue weighted by Gasteiger charge is 2.12. The third-order valence-electron chi connectivity index (χ3n) is 3.49. The quantitative estimate of drug-likeness (QED) is 0.608. The minimum atomic E-state index is -0.410. The summed E-state index contributed by atoms with van der Waals surface area (Å²) in [6.45, 7) is 2.44. The van der Waals surface area contributed by atoms with Crippen molar-refractivity contribution in [3.8, 4) is 11.5 Å². The number of hydrogen-bond acceptors (Lipinski definition) is 5. The van der Waals surface area contributed by atoms with Gasteiger partial charge in [0.05, 0.1) is 7.11 Å². The fraction of sp³-hybridized carbons (Fsp3) is 0.200. The van der Waals surface area contributed by atoms with Crippen molar-refractivity contribution >= 4 is 35.3 Å². The van der Waals surface area contributed by atoms with E-state index in [9.17, 15) is 14.7 Å². The molecule has 0 aliphatic carbocycles. The number of phenols is 1. The van der Waals surface area contributed by atoms with Gasteiger partial charge in [-0.15, -0.1) is 11.3 Å². The van der Waals surface area contributed by atoms with E-state index in [0.717, 1.165) is 11.3 Å². The molecule has 2 amide bonds. The van der Waals surface area contributed by atoms with E-state index in [1.54, 1.807) is 18.2 Å². The summed E-state index contributed by atoms with van der Waals surface area (Å²) < 4.78 is 5.08. The largest absolute Gasteiger partial charge is 0.504 e. The van der Waals surface area contributed by atoms with Gasteiger partial charge in [-0.2, -0.15) is 0 Å². The van der Waals surface area contributed by atoms with Crippen LogP contribution in [0.3, 0.4) is 0 Å². The summed E-state index contributed by atoms with van der Waals surface area (Å²) in [5.74, 6) is -0.524. The Labute approximate surface area is 162 Å². The van der Waals surface area contributed by atoms with Crippen molar-refractivity contribution in [3.05, 3.63) is 57.9 Å². The maximum absolute atomic E-state index is 12.4. The molecule has 27 heavy (non-hydrogen) atoms. The number of thiophene rings is 1. The van der Waals surface area contributed by atoms with E-state index in [4.69, 9.17) is 4.74 Å². The zero-order chi connectivity index (χ0) is 19.6. The van der Waals surface area contributed by atoms with Crippen molar-refractivity contribution in [2.24, 2.45) is 0 Å². The Kier molecular flexibility index (Phi) is 7.63. The van der Waals surface area contributed by atoms with Crippen LogP contribution in [0.5, 0.6) is 11.5 Å². The Morgan fingerprint density at radius 2 is 2.11 bits per heavy atom. The molecule has 1 aromatic carbocycles. The van der Waals surface area contributed by atoms with Crippen LogP contribution in [0, 0.1) is 0 Å². The second-order valence-corrected chi connectivity index (χ2v) is 6.56. The number of carbonyl (C=O) groups is 2. The lowest BCUT2D eigenvalue weighted by atomic mass is 10.1. The van der Waals surface area contributed by atoms with E-state index in [1.165, 1.54) is 36.7 Å². The number of nitrogens with one attached hydrogen (secondary N) is 2. The van der Waals surface area contributed by atoms with Crippen LogP contribution in [0.25, 0.3) is 12.2 Å². The normalized spacial score (nSPS) is 11.4. The molecule has 0 fully saturated rings. The van der Waals surface area contributed by atoms with Crippen LogP contribution in [0.4, 0.5) is 0 Å². The number of aromatic hydroxyl groups is 1. The highest BCUT2D eigenvalue weighted by molar-refractivity contribution is 7.10. The molecule has 0 unspecified atom stereocenters. The summed E-state index contributed by atoms with van der Waals surface area (Å²) in [7, 11) is 1.44. The van der Waals surface area contributed by atoms with Crippen LogP contribution in [0.1, 0.15) is 23.8 Å². The third-order valence-corrected chi connectivity index (χ3v) is 4.33. The van der Waals surface area contributed by atoms with Gasteiger partial charge in [0.1, 0.15) is 5.70 Å². The van der Waals surface area contributed by atoms with E-state index < -0.39 is 5.91 Å². The average molecular weight is 386 g/mol. The van der Waals surface area contributed by atoms with Gasteiger partial charge in [-0.25, -0.2) is 0 Å². The number of benzene rings is 1. The maximum Gasteiger partial charge on any atom is 0.267 e. The molecule has 0 saturated heterocycles. The first-order chi connectivity index (χ1) is 13.0. The molecule has 1 heterocycles. The van der Waals surface area contributed by atoms with E-state index in [-0.39, 0.29) is 23.1 Å². The summed E-state index contributed by atoms with van der Waals surface area (Å²) in [4.78, 5) is 25.6. The molecule has 7 heteroatoms. The van der Waals surface area contributed by atoms with Crippen LogP contribution in [-0.2, 0) is 9.59 Å². The predicted molar refractivity (Wildman–Crippen MR) is 107 cm³/mol. The minimum absolute atomic E-state index is 0.00505. The summed E-state index contributed by atoms with van der Waals surface area (Å²) in [6, 6.07) is 8.45. The third kappa shape index (κ3) is 6.31. The Hall–Kier alpha value is -3.06. The van der Waals surface area contributed by atoms with Crippen LogP contribution in [0.15, 0.2) is 47.5 Å². The van der Waals surface area contributed by atoms with Crippen molar-refractivity contribution < 1.29 is 19.4 Å². The standard InChI is InChI=1S/C20H22N2O4S/c1-3-10-21-20(25)16(12-14-6-8-17(23)18(13-14)26-2)22-19(24)9-7-15-5-4-11-27-15/h4-9,11-13,23H,3,10H2,1-2H3,(H,21,25)(H,22,24)/b9-7+,16-12-. The van der Waals surface area contributed by atoms with Crippen LogP contribution < -0.4 is 15.4 Å². The summed E-state index contributed by atoms with van der Waals surface area (Å²) in [5.41, 5.74) is 0.714. The molecule has 0 spiro atoms. The lowest BCUT2D eigenvalue weighted by molar-refractivity contribution is -0.121. The number of phenolic OH excluding ortho intramolecular Hbond substituents is 1. The zero-order valence-corrected chi connectivity index (χ0v) is 16.0. The van der Waals surface area contributed by atoms with Crippen molar-refractivity contribution in [1.29, 1.82) is 0 Å². The fourth-order valence-electron chi connectivity index (χ4n) is 2.16. The van der Waals surface area contributed by atoms with Gasteiger partial charge in [-0.1, -0.05) is 19.1 Å². The first kappa shape index (κ1) is 20.3. The van der Waals surface area contributed by atoms with Gasteiger partial charge in [0.2, 0.25) is 5.91 Å².